The Morgan fingerprint density at radius 3 is 2.62 bits per heavy atom. The number of imidazole rings is 1. The predicted molar refractivity (Wildman–Crippen MR) is 124 cm³/mol. The zero-order chi connectivity index (χ0) is 21.9. The van der Waals surface area contributed by atoms with Crippen molar-refractivity contribution in [3.63, 3.8) is 0 Å². The zero-order valence-corrected chi connectivity index (χ0v) is 17.6. The molecule has 3 aromatic carbocycles. The number of benzene rings is 3. The molecule has 32 heavy (non-hydrogen) atoms. The third-order valence-corrected chi connectivity index (χ3v) is 6.04. The molecule has 6 heteroatoms. The molecule has 4 aromatic rings. The van der Waals surface area contributed by atoms with Crippen molar-refractivity contribution in [3.05, 3.63) is 96.6 Å². The second-order valence-corrected chi connectivity index (χ2v) is 8.13. The van der Waals surface area contributed by atoms with E-state index in [1.54, 1.807) is 17.4 Å². The van der Waals surface area contributed by atoms with Gasteiger partial charge in [-0.15, -0.1) is 0 Å². The molecule has 2 amide bonds. The number of nitrogens with one attached hydrogen (secondary N) is 1. The highest BCUT2D eigenvalue weighted by atomic mass is 16.2. The minimum Gasteiger partial charge on any atom is -0.352 e. The SMILES string of the molecule is O=C(NCc1ccccc1Cn1ccnc1)[C@@H]1CC(=O)N(c2cccc3ccccc23)C1. The van der Waals surface area contributed by atoms with E-state index in [-0.39, 0.29) is 24.2 Å². The van der Waals surface area contributed by atoms with Crippen molar-refractivity contribution in [3.8, 4) is 0 Å². The van der Waals surface area contributed by atoms with Gasteiger partial charge in [0.2, 0.25) is 11.8 Å². The van der Waals surface area contributed by atoms with Crippen LogP contribution in [0.25, 0.3) is 10.8 Å². The molecule has 1 saturated heterocycles. The van der Waals surface area contributed by atoms with Gasteiger partial charge in [-0.2, -0.15) is 0 Å². The van der Waals surface area contributed by atoms with E-state index < -0.39 is 0 Å². The minimum absolute atomic E-state index is 0.0120. The van der Waals surface area contributed by atoms with Crippen LogP contribution in [0, 0.1) is 5.92 Å². The van der Waals surface area contributed by atoms with Gasteiger partial charge < -0.3 is 14.8 Å². The van der Waals surface area contributed by atoms with Crippen LogP contribution in [-0.4, -0.2) is 27.9 Å². The van der Waals surface area contributed by atoms with Gasteiger partial charge in [0.05, 0.1) is 17.9 Å². The molecule has 5 rings (SSSR count). The molecule has 0 radical (unpaired) electrons. The maximum absolute atomic E-state index is 12.9. The van der Waals surface area contributed by atoms with E-state index in [1.807, 2.05) is 71.4 Å². The third kappa shape index (κ3) is 3.99. The van der Waals surface area contributed by atoms with Crippen LogP contribution in [0.3, 0.4) is 0 Å². The van der Waals surface area contributed by atoms with E-state index >= 15 is 0 Å². The number of fused-ring (bicyclic) bond motifs is 1. The van der Waals surface area contributed by atoms with E-state index in [0.717, 1.165) is 27.6 Å². The predicted octanol–water partition coefficient (Wildman–Crippen LogP) is 3.75. The van der Waals surface area contributed by atoms with Crippen molar-refractivity contribution in [1.82, 2.24) is 14.9 Å². The summed E-state index contributed by atoms with van der Waals surface area (Å²) >= 11 is 0. The van der Waals surface area contributed by atoms with Crippen molar-refractivity contribution in [1.29, 1.82) is 0 Å². The summed E-state index contributed by atoms with van der Waals surface area (Å²) in [4.78, 5) is 31.5. The molecule has 1 fully saturated rings. The van der Waals surface area contributed by atoms with E-state index in [4.69, 9.17) is 0 Å². The molecule has 160 valence electrons. The first-order valence-corrected chi connectivity index (χ1v) is 10.8. The van der Waals surface area contributed by atoms with Crippen LogP contribution in [-0.2, 0) is 22.7 Å². The highest BCUT2D eigenvalue weighted by molar-refractivity contribution is 6.06. The molecule has 1 aliphatic heterocycles. The Morgan fingerprint density at radius 2 is 1.78 bits per heavy atom. The van der Waals surface area contributed by atoms with Gasteiger partial charge in [-0.05, 0) is 22.6 Å². The lowest BCUT2D eigenvalue weighted by Gasteiger charge is -2.19. The molecule has 1 aliphatic rings. The summed E-state index contributed by atoms with van der Waals surface area (Å²) in [6.07, 6.45) is 5.68. The third-order valence-electron chi connectivity index (χ3n) is 6.04. The maximum atomic E-state index is 12.9. The van der Waals surface area contributed by atoms with Gasteiger partial charge >= 0.3 is 0 Å². The molecule has 2 heterocycles. The van der Waals surface area contributed by atoms with Crippen molar-refractivity contribution in [2.24, 2.45) is 5.92 Å². The van der Waals surface area contributed by atoms with Gasteiger partial charge in [0, 0.05) is 43.8 Å². The number of amides is 2. The molecular weight excluding hydrogens is 400 g/mol. The Kier molecular flexibility index (Phi) is 5.42. The molecule has 0 spiro atoms. The van der Waals surface area contributed by atoms with E-state index in [2.05, 4.69) is 16.4 Å². The maximum Gasteiger partial charge on any atom is 0.227 e. The highest BCUT2D eigenvalue weighted by Crippen LogP contribution is 2.31. The Labute approximate surface area is 186 Å². The van der Waals surface area contributed by atoms with Crippen molar-refractivity contribution in [2.45, 2.75) is 19.5 Å². The highest BCUT2D eigenvalue weighted by Gasteiger charge is 2.35. The lowest BCUT2D eigenvalue weighted by atomic mass is 10.1. The number of carbonyl (C=O) groups is 2. The number of anilines is 1. The average molecular weight is 425 g/mol. The summed E-state index contributed by atoms with van der Waals surface area (Å²) in [5, 5.41) is 5.16. The summed E-state index contributed by atoms with van der Waals surface area (Å²) in [6, 6.07) is 22.0. The van der Waals surface area contributed by atoms with Gasteiger partial charge in [-0.1, -0.05) is 60.7 Å². The summed E-state index contributed by atoms with van der Waals surface area (Å²) < 4.78 is 2.00. The van der Waals surface area contributed by atoms with Crippen LogP contribution < -0.4 is 10.2 Å². The molecular formula is C26H24N4O2. The molecule has 1 N–H and O–H groups in total. The van der Waals surface area contributed by atoms with Crippen LogP contribution in [0.4, 0.5) is 5.69 Å². The minimum atomic E-state index is -0.359. The van der Waals surface area contributed by atoms with Gasteiger partial charge in [-0.25, -0.2) is 4.98 Å². The number of nitrogens with zero attached hydrogens (tertiary/aromatic N) is 3. The van der Waals surface area contributed by atoms with Gasteiger partial charge in [0.1, 0.15) is 0 Å². The Balaban J connectivity index is 1.27. The molecule has 1 aromatic heterocycles. The standard InChI is InChI=1S/C26H24N4O2/c31-25-14-22(17-30(25)24-11-5-9-19-6-3-4-10-23(19)24)26(32)28-15-20-7-1-2-8-21(20)16-29-13-12-27-18-29/h1-13,18,22H,14-17H2,(H,28,32)/t22-/m1/s1. The number of rotatable bonds is 6. The fourth-order valence-electron chi connectivity index (χ4n) is 4.35. The first kappa shape index (κ1) is 20.0. The fourth-order valence-corrected chi connectivity index (χ4v) is 4.35. The van der Waals surface area contributed by atoms with E-state index in [1.165, 1.54) is 0 Å². The Hall–Kier alpha value is -3.93. The number of hydrogen-bond donors (Lipinski definition) is 1. The number of hydrogen-bond acceptors (Lipinski definition) is 3. The average Bonchev–Trinajstić information content (AvgIpc) is 3.47. The molecule has 0 aliphatic carbocycles. The van der Waals surface area contributed by atoms with Crippen LogP contribution in [0.2, 0.25) is 0 Å². The first-order valence-electron chi connectivity index (χ1n) is 10.8. The number of aromatic nitrogens is 2. The second kappa shape index (κ2) is 8.67. The van der Waals surface area contributed by atoms with Crippen LogP contribution in [0.5, 0.6) is 0 Å². The fraction of sp³-hybridized carbons (Fsp3) is 0.192. The summed E-state index contributed by atoms with van der Waals surface area (Å²) in [5.41, 5.74) is 3.06. The van der Waals surface area contributed by atoms with Crippen molar-refractivity contribution in [2.75, 3.05) is 11.4 Å². The van der Waals surface area contributed by atoms with E-state index in [9.17, 15) is 9.59 Å². The molecule has 1 atom stereocenters. The Morgan fingerprint density at radius 1 is 1.00 bits per heavy atom. The summed E-state index contributed by atoms with van der Waals surface area (Å²) in [7, 11) is 0. The normalized spacial score (nSPS) is 15.9. The first-order chi connectivity index (χ1) is 15.7. The molecule has 0 bridgehead atoms. The van der Waals surface area contributed by atoms with E-state index in [0.29, 0.717) is 19.6 Å². The summed E-state index contributed by atoms with van der Waals surface area (Å²) in [6.45, 7) is 1.53. The monoisotopic (exact) mass is 424 g/mol. The van der Waals surface area contributed by atoms with Gasteiger partial charge in [-0.3, -0.25) is 9.59 Å². The van der Waals surface area contributed by atoms with Crippen molar-refractivity contribution < 1.29 is 9.59 Å². The lowest BCUT2D eigenvalue weighted by Crippen LogP contribution is -2.33. The van der Waals surface area contributed by atoms with Crippen LogP contribution in [0.15, 0.2) is 85.5 Å². The van der Waals surface area contributed by atoms with Gasteiger partial charge in [0.25, 0.3) is 0 Å². The lowest BCUT2D eigenvalue weighted by molar-refractivity contribution is -0.126. The van der Waals surface area contributed by atoms with Crippen molar-refractivity contribution >= 4 is 28.3 Å². The van der Waals surface area contributed by atoms with Crippen LogP contribution in [0.1, 0.15) is 17.5 Å². The molecule has 0 unspecified atom stereocenters. The number of carbonyl (C=O) groups excluding carboxylic acids is 2. The van der Waals surface area contributed by atoms with Gasteiger partial charge in [0.15, 0.2) is 0 Å². The largest absolute Gasteiger partial charge is 0.352 e. The Bertz CT molecular complexity index is 1260. The van der Waals surface area contributed by atoms with Crippen LogP contribution >= 0.6 is 0 Å². The topological polar surface area (TPSA) is 67.2 Å². The second-order valence-electron chi connectivity index (χ2n) is 8.13. The smallest absolute Gasteiger partial charge is 0.227 e. The molecule has 6 nitrogen and oxygen atoms in total. The summed E-state index contributed by atoms with van der Waals surface area (Å²) in [5.74, 6) is -0.456. The zero-order valence-electron chi connectivity index (χ0n) is 17.6. The molecule has 0 saturated carbocycles. The quantitative estimate of drug-likeness (QED) is 0.513.